The molecule has 3 rings (SSSR count). The number of fused-ring (bicyclic) bond motifs is 1. The first-order valence-corrected chi connectivity index (χ1v) is 7.31. The number of rotatable bonds is 5. The third-order valence-electron chi connectivity index (χ3n) is 4.04. The Labute approximate surface area is 136 Å². The van der Waals surface area contributed by atoms with Crippen LogP contribution in [0.4, 0.5) is 4.39 Å². The van der Waals surface area contributed by atoms with E-state index in [1.165, 1.54) is 0 Å². The minimum absolute atomic E-state index is 0. The fraction of sp³-hybridized carbons (Fsp3) is 0.600. The average molecular weight is 333 g/mol. The van der Waals surface area contributed by atoms with Gasteiger partial charge in [-0.1, -0.05) is 0 Å². The van der Waals surface area contributed by atoms with Gasteiger partial charge < -0.3 is 19.5 Å². The SMILES string of the molecule is COc1cc([C@H](CCF)N2CCNCC2)cc2c1OCO2.Cl. The van der Waals surface area contributed by atoms with E-state index in [0.29, 0.717) is 23.7 Å². The number of hydrogen-bond donors (Lipinski definition) is 1. The van der Waals surface area contributed by atoms with E-state index >= 15 is 0 Å². The summed E-state index contributed by atoms with van der Waals surface area (Å²) in [6.45, 7) is 3.57. The zero-order valence-electron chi connectivity index (χ0n) is 12.6. The smallest absolute Gasteiger partial charge is 0.231 e. The van der Waals surface area contributed by atoms with Crippen LogP contribution in [0.25, 0.3) is 0 Å². The van der Waals surface area contributed by atoms with Crippen molar-refractivity contribution in [3.63, 3.8) is 0 Å². The van der Waals surface area contributed by atoms with Crippen LogP contribution in [0.3, 0.4) is 0 Å². The summed E-state index contributed by atoms with van der Waals surface area (Å²) in [6.07, 6.45) is 0.475. The predicted molar refractivity (Wildman–Crippen MR) is 84.1 cm³/mol. The lowest BCUT2D eigenvalue weighted by Gasteiger charge is -2.35. The second kappa shape index (κ2) is 7.85. The van der Waals surface area contributed by atoms with Crippen molar-refractivity contribution in [2.75, 3.05) is 46.8 Å². The summed E-state index contributed by atoms with van der Waals surface area (Å²) in [7, 11) is 1.61. The minimum Gasteiger partial charge on any atom is -0.493 e. The first-order valence-electron chi connectivity index (χ1n) is 7.31. The van der Waals surface area contributed by atoms with E-state index in [2.05, 4.69) is 10.2 Å². The quantitative estimate of drug-likeness (QED) is 0.895. The fourth-order valence-electron chi connectivity index (χ4n) is 3.00. The third-order valence-corrected chi connectivity index (χ3v) is 4.04. The second-order valence-electron chi connectivity index (χ2n) is 5.24. The number of piperazine rings is 1. The molecule has 22 heavy (non-hydrogen) atoms. The fourth-order valence-corrected chi connectivity index (χ4v) is 3.00. The van der Waals surface area contributed by atoms with Crippen LogP contribution in [-0.4, -0.2) is 51.7 Å². The maximum atomic E-state index is 13.0. The number of methoxy groups -OCH3 is 1. The second-order valence-corrected chi connectivity index (χ2v) is 5.24. The average Bonchev–Trinajstić information content (AvgIpc) is 3.01. The van der Waals surface area contributed by atoms with Crippen LogP contribution < -0.4 is 19.5 Å². The van der Waals surface area contributed by atoms with E-state index in [1.54, 1.807) is 7.11 Å². The van der Waals surface area contributed by atoms with Crippen LogP contribution in [0.2, 0.25) is 0 Å². The maximum absolute atomic E-state index is 13.0. The van der Waals surface area contributed by atoms with Crippen LogP contribution >= 0.6 is 12.4 Å². The van der Waals surface area contributed by atoms with Gasteiger partial charge >= 0.3 is 0 Å². The van der Waals surface area contributed by atoms with Crippen molar-refractivity contribution in [3.05, 3.63) is 17.7 Å². The summed E-state index contributed by atoms with van der Waals surface area (Å²) in [5.74, 6) is 1.97. The topological polar surface area (TPSA) is 43.0 Å². The van der Waals surface area contributed by atoms with Crippen molar-refractivity contribution < 1.29 is 18.6 Å². The Morgan fingerprint density at radius 3 is 2.77 bits per heavy atom. The molecule has 0 unspecified atom stereocenters. The van der Waals surface area contributed by atoms with Crippen molar-refractivity contribution >= 4 is 12.4 Å². The van der Waals surface area contributed by atoms with Crippen LogP contribution in [0.1, 0.15) is 18.0 Å². The van der Waals surface area contributed by atoms with E-state index in [4.69, 9.17) is 14.2 Å². The Morgan fingerprint density at radius 2 is 2.09 bits per heavy atom. The standard InChI is InChI=1S/C15H21FN2O3.ClH/c1-19-13-8-11(9-14-15(13)21-10-20-14)12(2-3-16)18-6-4-17-5-7-18;/h8-9,12,17H,2-7,10H2,1H3;1H/t12-;/m0./s1. The van der Waals surface area contributed by atoms with E-state index < -0.39 is 0 Å². The Hall–Kier alpha value is -1.24. The van der Waals surface area contributed by atoms with Crippen molar-refractivity contribution in [1.29, 1.82) is 0 Å². The number of alkyl halides is 1. The molecule has 5 nitrogen and oxygen atoms in total. The summed E-state index contributed by atoms with van der Waals surface area (Å²) in [6, 6.07) is 3.93. The molecule has 124 valence electrons. The highest BCUT2D eigenvalue weighted by atomic mass is 35.5. The Bertz CT molecular complexity index is 498. The molecule has 1 fully saturated rings. The van der Waals surface area contributed by atoms with Gasteiger partial charge in [0.15, 0.2) is 11.5 Å². The third kappa shape index (κ3) is 3.39. The first-order chi connectivity index (χ1) is 10.3. The minimum atomic E-state index is -0.342. The van der Waals surface area contributed by atoms with Gasteiger partial charge in [0, 0.05) is 32.2 Å². The molecule has 2 aliphatic rings. The molecule has 2 aliphatic heterocycles. The van der Waals surface area contributed by atoms with Gasteiger partial charge in [-0.2, -0.15) is 0 Å². The van der Waals surface area contributed by atoms with Crippen molar-refractivity contribution in [2.45, 2.75) is 12.5 Å². The van der Waals surface area contributed by atoms with Crippen molar-refractivity contribution in [1.82, 2.24) is 10.2 Å². The lowest BCUT2D eigenvalue weighted by molar-refractivity contribution is 0.157. The number of nitrogens with one attached hydrogen (secondary N) is 1. The van der Waals surface area contributed by atoms with E-state index in [1.807, 2.05) is 12.1 Å². The molecule has 1 atom stereocenters. The number of ether oxygens (including phenoxy) is 3. The molecule has 0 radical (unpaired) electrons. The molecule has 0 saturated carbocycles. The zero-order valence-corrected chi connectivity index (χ0v) is 13.5. The summed E-state index contributed by atoms with van der Waals surface area (Å²) in [5.41, 5.74) is 1.02. The Balaban J connectivity index is 0.00000176. The summed E-state index contributed by atoms with van der Waals surface area (Å²) in [5, 5.41) is 3.32. The lowest BCUT2D eigenvalue weighted by Crippen LogP contribution is -2.45. The summed E-state index contributed by atoms with van der Waals surface area (Å²) in [4.78, 5) is 2.31. The molecule has 0 aliphatic carbocycles. The van der Waals surface area contributed by atoms with Crippen LogP contribution in [0, 0.1) is 0 Å². The molecule has 1 aromatic carbocycles. The highest BCUT2D eigenvalue weighted by Crippen LogP contribution is 2.44. The van der Waals surface area contributed by atoms with Gasteiger partial charge in [-0.25, -0.2) is 0 Å². The van der Waals surface area contributed by atoms with Gasteiger partial charge in [0.25, 0.3) is 0 Å². The van der Waals surface area contributed by atoms with Crippen molar-refractivity contribution in [2.24, 2.45) is 0 Å². The predicted octanol–water partition coefficient (Wildman–Crippen LogP) is 2.15. The van der Waals surface area contributed by atoms with Crippen molar-refractivity contribution in [3.8, 4) is 17.2 Å². The van der Waals surface area contributed by atoms with Gasteiger partial charge in [0.1, 0.15) is 0 Å². The van der Waals surface area contributed by atoms with Gasteiger partial charge in [0.2, 0.25) is 12.5 Å². The van der Waals surface area contributed by atoms with Gasteiger partial charge in [0.05, 0.1) is 13.8 Å². The summed E-state index contributed by atoms with van der Waals surface area (Å²) < 4.78 is 29.3. The van der Waals surface area contributed by atoms with Crippen LogP contribution in [0.5, 0.6) is 17.2 Å². The van der Waals surface area contributed by atoms with E-state index in [9.17, 15) is 4.39 Å². The lowest BCUT2D eigenvalue weighted by atomic mass is 10.0. The molecule has 2 heterocycles. The number of halogens is 2. The normalized spacial score (nSPS) is 18.6. The molecular formula is C15H22ClFN2O3. The van der Waals surface area contributed by atoms with Crippen LogP contribution in [-0.2, 0) is 0 Å². The highest BCUT2D eigenvalue weighted by molar-refractivity contribution is 5.85. The largest absolute Gasteiger partial charge is 0.493 e. The Kier molecular flexibility index (Phi) is 6.11. The number of hydrogen-bond acceptors (Lipinski definition) is 5. The molecule has 0 spiro atoms. The molecule has 0 amide bonds. The van der Waals surface area contributed by atoms with Gasteiger partial charge in [-0.05, 0) is 24.1 Å². The first kappa shape index (κ1) is 17.1. The molecule has 1 N–H and O–H groups in total. The molecule has 0 aromatic heterocycles. The highest BCUT2D eigenvalue weighted by Gasteiger charge is 2.27. The molecule has 0 bridgehead atoms. The van der Waals surface area contributed by atoms with Crippen LogP contribution in [0.15, 0.2) is 12.1 Å². The molecular weight excluding hydrogens is 311 g/mol. The van der Waals surface area contributed by atoms with E-state index in [0.717, 1.165) is 31.7 Å². The summed E-state index contributed by atoms with van der Waals surface area (Å²) >= 11 is 0. The van der Waals surface area contributed by atoms with Gasteiger partial charge in [-0.15, -0.1) is 12.4 Å². The monoisotopic (exact) mass is 332 g/mol. The zero-order chi connectivity index (χ0) is 14.7. The number of benzene rings is 1. The van der Waals surface area contributed by atoms with Gasteiger partial charge in [-0.3, -0.25) is 9.29 Å². The molecule has 7 heteroatoms. The molecule has 1 aromatic rings. The molecule has 1 saturated heterocycles. The number of nitrogens with zero attached hydrogens (tertiary/aromatic N) is 1. The Morgan fingerprint density at radius 1 is 1.32 bits per heavy atom. The van der Waals surface area contributed by atoms with E-state index in [-0.39, 0.29) is 31.9 Å². The maximum Gasteiger partial charge on any atom is 0.231 e.